The fourth-order valence-corrected chi connectivity index (χ4v) is 1.99. The molecule has 1 heterocycles. The zero-order valence-corrected chi connectivity index (χ0v) is 11.9. The monoisotopic (exact) mass is 272 g/mol. The van der Waals surface area contributed by atoms with Crippen LogP contribution >= 0.6 is 0 Å². The second-order valence-electron chi connectivity index (χ2n) is 4.72. The highest BCUT2D eigenvalue weighted by atomic mass is 16.3. The first-order valence-electron chi connectivity index (χ1n) is 6.86. The van der Waals surface area contributed by atoms with Crippen molar-refractivity contribution in [3.63, 3.8) is 0 Å². The van der Waals surface area contributed by atoms with Crippen LogP contribution in [0.4, 0.5) is 5.69 Å². The summed E-state index contributed by atoms with van der Waals surface area (Å²) in [6, 6.07) is 9.53. The van der Waals surface area contributed by atoms with Gasteiger partial charge in [0.15, 0.2) is 0 Å². The molecule has 0 saturated carbocycles. The fourth-order valence-electron chi connectivity index (χ4n) is 1.99. The van der Waals surface area contributed by atoms with E-state index in [0.29, 0.717) is 11.3 Å². The van der Waals surface area contributed by atoms with E-state index in [4.69, 9.17) is 4.42 Å². The summed E-state index contributed by atoms with van der Waals surface area (Å²) in [7, 11) is 0. The van der Waals surface area contributed by atoms with Gasteiger partial charge in [-0.1, -0.05) is 19.1 Å². The van der Waals surface area contributed by atoms with Crippen molar-refractivity contribution < 1.29 is 9.21 Å². The van der Waals surface area contributed by atoms with Gasteiger partial charge in [-0.2, -0.15) is 0 Å². The lowest BCUT2D eigenvalue weighted by molar-refractivity contribution is 0.102. The van der Waals surface area contributed by atoms with Crippen LogP contribution in [0.25, 0.3) is 0 Å². The second kappa shape index (κ2) is 6.91. The van der Waals surface area contributed by atoms with Gasteiger partial charge in [0.2, 0.25) is 0 Å². The highest BCUT2D eigenvalue weighted by Gasteiger charge is 2.11. The molecule has 0 aliphatic heterocycles. The smallest absolute Gasteiger partial charge is 0.259 e. The predicted molar refractivity (Wildman–Crippen MR) is 79.8 cm³/mol. The number of nitrogens with one attached hydrogen (secondary N) is 2. The Morgan fingerprint density at radius 2 is 2.15 bits per heavy atom. The first-order chi connectivity index (χ1) is 9.70. The average molecular weight is 272 g/mol. The Balaban J connectivity index is 2.01. The minimum atomic E-state index is -0.144. The molecular weight excluding hydrogens is 252 g/mol. The van der Waals surface area contributed by atoms with Gasteiger partial charge in [0.05, 0.1) is 11.8 Å². The van der Waals surface area contributed by atoms with Crippen molar-refractivity contribution in [1.82, 2.24) is 5.32 Å². The summed E-state index contributed by atoms with van der Waals surface area (Å²) in [6.07, 6.45) is 2.63. The van der Waals surface area contributed by atoms with E-state index < -0.39 is 0 Å². The first-order valence-corrected chi connectivity index (χ1v) is 6.86. The maximum absolute atomic E-state index is 12.1. The van der Waals surface area contributed by atoms with Crippen LogP contribution in [0, 0.1) is 6.92 Å². The van der Waals surface area contributed by atoms with E-state index >= 15 is 0 Å². The Bertz CT molecular complexity index is 575. The molecule has 4 nitrogen and oxygen atoms in total. The minimum Gasteiger partial charge on any atom is -0.469 e. The van der Waals surface area contributed by atoms with Crippen LogP contribution in [0.1, 0.15) is 35.0 Å². The molecular formula is C16H20N2O2. The topological polar surface area (TPSA) is 54.3 Å². The van der Waals surface area contributed by atoms with Crippen LogP contribution in [-0.2, 0) is 6.54 Å². The Hall–Kier alpha value is -2.07. The quantitative estimate of drug-likeness (QED) is 0.793. The molecule has 0 atom stereocenters. The zero-order chi connectivity index (χ0) is 14.4. The third-order valence-corrected chi connectivity index (χ3v) is 3.04. The number of hydrogen-bond donors (Lipinski definition) is 2. The summed E-state index contributed by atoms with van der Waals surface area (Å²) in [5.41, 5.74) is 2.52. The summed E-state index contributed by atoms with van der Waals surface area (Å²) in [6.45, 7) is 5.71. The molecule has 2 N–H and O–H groups in total. The van der Waals surface area contributed by atoms with Crippen LogP contribution in [0.15, 0.2) is 41.0 Å². The number of carbonyl (C=O) groups is 1. The second-order valence-corrected chi connectivity index (χ2v) is 4.72. The third kappa shape index (κ3) is 3.71. The van der Waals surface area contributed by atoms with Gasteiger partial charge in [-0.15, -0.1) is 0 Å². The molecule has 0 radical (unpaired) electrons. The largest absolute Gasteiger partial charge is 0.469 e. The van der Waals surface area contributed by atoms with Crippen LogP contribution in [0.2, 0.25) is 0 Å². The van der Waals surface area contributed by atoms with Crippen molar-refractivity contribution in [2.75, 3.05) is 11.9 Å². The predicted octanol–water partition coefficient (Wildman–Crippen LogP) is 3.34. The fraction of sp³-hybridized carbons (Fsp3) is 0.312. The average Bonchev–Trinajstić information content (AvgIpc) is 2.86. The molecule has 2 rings (SSSR count). The van der Waals surface area contributed by atoms with E-state index in [1.807, 2.05) is 24.3 Å². The van der Waals surface area contributed by atoms with Crippen molar-refractivity contribution in [2.24, 2.45) is 0 Å². The van der Waals surface area contributed by atoms with E-state index in [0.717, 1.165) is 30.8 Å². The van der Waals surface area contributed by atoms with Gasteiger partial charge in [-0.05, 0) is 43.7 Å². The van der Waals surface area contributed by atoms with Gasteiger partial charge in [-0.3, -0.25) is 4.79 Å². The van der Waals surface area contributed by atoms with Crippen LogP contribution in [0.3, 0.4) is 0 Å². The lowest BCUT2D eigenvalue weighted by Crippen LogP contribution is -2.15. The molecule has 106 valence electrons. The number of hydrogen-bond acceptors (Lipinski definition) is 3. The number of carbonyl (C=O) groups excluding carboxylic acids is 1. The molecule has 1 aromatic carbocycles. The van der Waals surface area contributed by atoms with Crippen molar-refractivity contribution in [3.05, 3.63) is 53.5 Å². The standard InChI is InChI=1S/C16H20N2O2/c1-3-8-17-11-13-5-4-6-14(10-13)18-16(19)15-7-9-20-12(15)2/h4-7,9-10,17H,3,8,11H2,1-2H3,(H,18,19). The third-order valence-electron chi connectivity index (χ3n) is 3.04. The Morgan fingerprint density at radius 1 is 1.30 bits per heavy atom. The van der Waals surface area contributed by atoms with Gasteiger partial charge in [0.1, 0.15) is 5.76 Å². The van der Waals surface area contributed by atoms with Gasteiger partial charge < -0.3 is 15.1 Å². The number of aryl methyl sites for hydroxylation is 1. The van der Waals surface area contributed by atoms with Crippen molar-refractivity contribution >= 4 is 11.6 Å². The van der Waals surface area contributed by atoms with E-state index in [-0.39, 0.29) is 5.91 Å². The van der Waals surface area contributed by atoms with Crippen LogP contribution in [-0.4, -0.2) is 12.5 Å². The molecule has 4 heteroatoms. The molecule has 0 saturated heterocycles. The summed E-state index contributed by atoms with van der Waals surface area (Å²) in [5.74, 6) is 0.484. The van der Waals surface area contributed by atoms with Crippen LogP contribution < -0.4 is 10.6 Å². The number of rotatable bonds is 6. The van der Waals surface area contributed by atoms with Gasteiger partial charge in [0.25, 0.3) is 5.91 Å². The summed E-state index contributed by atoms with van der Waals surface area (Å²) in [5, 5.41) is 6.23. The molecule has 0 spiro atoms. The highest BCUT2D eigenvalue weighted by Crippen LogP contribution is 2.14. The first kappa shape index (κ1) is 14.3. The molecule has 0 aliphatic carbocycles. The van der Waals surface area contributed by atoms with E-state index in [2.05, 4.69) is 17.6 Å². The van der Waals surface area contributed by atoms with Crippen LogP contribution in [0.5, 0.6) is 0 Å². The summed E-state index contributed by atoms with van der Waals surface area (Å²) >= 11 is 0. The zero-order valence-electron chi connectivity index (χ0n) is 11.9. The molecule has 0 unspecified atom stereocenters. The number of anilines is 1. The van der Waals surface area contributed by atoms with E-state index in [9.17, 15) is 4.79 Å². The Morgan fingerprint density at radius 3 is 2.85 bits per heavy atom. The maximum atomic E-state index is 12.1. The van der Waals surface area contributed by atoms with Gasteiger partial charge in [0, 0.05) is 12.2 Å². The molecule has 0 bridgehead atoms. The molecule has 2 aromatic rings. The number of amides is 1. The minimum absolute atomic E-state index is 0.144. The summed E-state index contributed by atoms with van der Waals surface area (Å²) in [4.78, 5) is 12.1. The summed E-state index contributed by atoms with van der Waals surface area (Å²) < 4.78 is 5.14. The number of benzene rings is 1. The SMILES string of the molecule is CCCNCc1cccc(NC(=O)c2ccoc2C)c1. The Kier molecular flexibility index (Phi) is 4.96. The lowest BCUT2D eigenvalue weighted by atomic mass is 10.2. The normalized spacial score (nSPS) is 10.5. The highest BCUT2D eigenvalue weighted by molar-refractivity contribution is 6.04. The van der Waals surface area contributed by atoms with E-state index in [1.165, 1.54) is 6.26 Å². The van der Waals surface area contributed by atoms with Crippen molar-refractivity contribution in [3.8, 4) is 0 Å². The molecule has 0 aliphatic rings. The van der Waals surface area contributed by atoms with E-state index in [1.54, 1.807) is 13.0 Å². The molecule has 1 amide bonds. The van der Waals surface area contributed by atoms with Crippen molar-refractivity contribution in [1.29, 1.82) is 0 Å². The number of furan rings is 1. The Labute approximate surface area is 119 Å². The van der Waals surface area contributed by atoms with Gasteiger partial charge in [-0.25, -0.2) is 0 Å². The van der Waals surface area contributed by atoms with Crippen molar-refractivity contribution in [2.45, 2.75) is 26.8 Å². The molecule has 1 aromatic heterocycles. The maximum Gasteiger partial charge on any atom is 0.259 e. The molecule has 0 fully saturated rings. The molecule has 20 heavy (non-hydrogen) atoms. The lowest BCUT2D eigenvalue weighted by Gasteiger charge is -2.08. The van der Waals surface area contributed by atoms with Gasteiger partial charge >= 0.3 is 0 Å².